The molecule has 0 unspecified atom stereocenters. The number of amides is 1. The zero-order valence-corrected chi connectivity index (χ0v) is 15.0. The number of para-hydroxylation sites is 1. The van der Waals surface area contributed by atoms with Crippen molar-refractivity contribution in [3.63, 3.8) is 0 Å². The number of carbonyl (C=O) groups is 1. The summed E-state index contributed by atoms with van der Waals surface area (Å²) in [4.78, 5) is 13.8. The molecule has 25 heavy (non-hydrogen) atoms. The second kappa shape index (κ2) is 8.22. The second-order valence-electron chi connectivity index (χ2n) is 5.76. The van der Waals surface area contributed by atoms with Crippen LogP contribution in [0.15, 0.2) is 54.6 Å². The van der Waals surface area contributed by atoms with Gasteiger partial charge in [-0.3, -0.25) is 4.79 Å². The molecule has 0 radical (unpaired) electrons. The first-order chi connectivity index (χ1) is 11.8. The van der Waals surface area contributed by atoms with E-state index in [9.17, 15) is 17.6 Å². The van der Waals surface area contributed by atoms with Crippen molar-refractivity contribution in [1.82, 2.24) is 4.31 Å². The number of hydrogen-bond acceptors (Lipinski definition) is 3. The molecule has 0 aliphatic heterocycles. The molecule has 2 aromatic rings. The van der Waals surface area contributed by atoms with Gasteiger partial charge in [-0.2, -0.15) is 4.31 Å². The average molecular weight is 364 g/mol. The predicted molar refractivity (Wildman–Crippen MR) is 96.1 cm³/mol. The molecule has 0 bridgehead atoms. The predicted octanol–water partition coefficient (Wildman–Crippen LogP) is 2.64. The van der Waals surface area contributed by atoms with Crippen LogP contribution in [-0.2, 0) is 21.4 Å². The van der Waals surface area contributed by atoms with Crippen molar-refractivity contribution in [2.24, 2.45) is 0 Å². The van der Waals surface area contributed by atoms with Gasteiger partial charge in [0.25, 0.3) is 0 Å². The summed E-state index contributed by atoms with van der Waals surface area (Å²) < 4.78 is 38.2. The van der Waals surface area contributed by atoms with Gasteiger partial charge in [0.2, 0.25) is 15.9 Å². The van der Waals surface area contributed by atoms with E-state index >= 15 is 0 Å². The summed E-state index contributed by atoms with van der Waals surface area (Å²) in [6.07, 6.45) is 1.15. The lowest BCUT2D eigenvalue weighted by molar-refractivity contribution is -0.118. The summed E-state index contributed by atoms with van der Waals surface area (Å²) >= 11 is 0. The molecule has 0 atom stereocenters. The van der Waals surface area contributed by atoms with E-state index in [2.05, 4.69) is 0 Å². The van der Waals surface area contributed by atoms with Gasteiger partial charge in [0.05, 0.1) is 6.26 Å². The number of sulfonamides is 1. The highest BCUT2D eigenvalue weighted by Gasteiger charge is 2.20. The molecule has 0 aliphatic rings. The van der Waals surface area contributed by atoms with Gasteiger partial charge in [-0.15, -0.1) is 0 Å². The van der Waals surface area contributed by atoms with Crippen molar-refractivity contribution in [3.05, 3.63) is 66.0 Å². The minimum Gasteiger partial charge on any atom is -0.315 e. The van der Waals surface area contributed by atoms with Crippen LogP contribution in [0.5, 0.6) is 0 Å². The molecule has 0 aliphatic carbocycles. The molecule has 0 aromatic heterocycles. The van der Waals surface area contributed by atoms with Crippen LogP contribution in [0.3, 0.4) is 0 Å². The molecule has 2 rings (SSSR count). The molecular weight excluding hydrogens is 343 g/mol. The third-order valence-electron chi connectivity index (χ3n) is 3.83. The highest BCUT2D eigenvalue weighted by atomic mass is 32.2. The largest absolute Gasteiger partial charge is 0.315 e. The van der Waals surface area contributed by atoms with E-state index in [4.69, 9.17) is 0 Å². The summed E-state index contributed by atoms with van der Waals surface area (Å²) in [5.74, 6) is -0.562. The van der Waals surface area contributed by atoms with E-state index in [1.54, 1.807) is 7.05 Å². The molecule has 134 valence electrons. The fourth-order valence-electron chi connectivity index (χ4n) is 2.34. The normalized spacial score (nSPS) is 11.5. The van der Waals surface area contributed by atoms with E-state index in [0.717, 1.165) is 11.9 Å². The smallest absolute Gasteiger partial charge is 0.228 e. The number of halogens is 1. The maximum Gasteiger partial charge on any atom is 0.228 e. The third kappa shape index (κ3) is 5.65. The maximum absolute atomic E-state index is 13.0. The number of carbonyl (C=O) groups excluding carboxylic acids is 1. The van der Waals surface area contributed by atoms with E-state index in [-0.39, 0.29) is 31.2 Å². The topological polar surface area (TPSA) is 57.7 Å². The van der Waals surface area contributed by atoms with Gasteiger partial charge >= 0.3 is 0 Å². The maximum atomic E-state index is 13.0. The Bertz CT molecular complexity index is 808. The lowest BCUT2D eigenvalue weighted by Gasteiger charge is -2.22. The Morgan fingerprint density at radius 3 is 2.20 bits per heavy atom. The molecular formula is C18H21FN2O3S. The van der Waals surface area contributed by atoms with Crippen LogP contribution in [0.1, 0.15) is 12.0 Å². The molecule has 0 saturated heterocycles. The Kier molecular flexibility index (Phi) is 6.27. The van der Waals surface area contributed by atoms with Gasteiger partial charge in [-0.25, -0.2) is 12.8 Å². The second-order valence-corrected chi connectivity index (χ2v) is 7.74. The number of hydrogen-bond donors (Lipinski definition) is 0. The Labute approximate surface area is 147 Å². The molecule has 0 spiro atoms. The summed E-state index contributed by atoms with van der Waals surface area (Å²) in [7, 11) is -1.84. The van der Waals surface area contributed by atoms with Crippen LogP contribution in [-0.4, -0.2) is 38.5 Å². The zero-order valence-electron chi connectivity index (χ0n) is 14.2. The van der Waals surface area contributed by atoms with Crippen molar-refractivity contribution < 1.29 is 17.6 Å². The van der Waals surface area contributed by atoms with Crippen molar-refractivity contribution in [1.29, 1.82) is 0 Å². The Morgan fingerprint density at radius 1 is 1.04 bits per heavy atom. The molecule has 5 nitrogen and oxygen atoms in total. The van der Waals surface area contributed by atoms with E-state index in [1.807, 2.05) is 30.3 Å². The average Bonchev–Trinajstić information content (AvgIpc) is 2.59. The standard InChI is InChI=1S/C18H21FN2O3S/c1-20(17-6-4-3-5-7-17)18(22)12-13-21(25(2,23)24)14-15-8-10-16(19)11-9-15/h3-11H,12-14H2,1-2H3. The van der Waals surface area contributed by atoms with Gasteiger partial charge in [0, 0.05) is 32.2 Å². The first kappa shape index (κ1) is 19.1. The highest BCUT2D eigenvalue weighted by molar-refractivity contribution is 7.88. The molecule has 0 fully saturated rings. The van der Waals surface area contributed by atoms with E-state index < -0.39 is 10.0 Å². The molecule has 0 heterocycles. The quantitative estimate of drug-likeness (QED) is 0.759. The first-order valence-electron chi connectivity index (χ1n) is 7.78. The lowest BCUT2D eigenvalue weighted by Crippen LogP contribution is -2.35. The van der Waals surface area contributed by atoms with Crippen LogP contribution in [0.25, 0.3) is 0 Å². The molecule has 7 heteroatoms. The monoisotopic (exact) mass is 364 g/mol. The van der Waals surface area contributed by atoms with E-state index in [0.29, 0.717) is 5.56 Å². The molecule has 0 N–H and O–H groups in total. The minimum atomic E-state index is -3.49. The number of anilines is 1. The van der Waals surface area contributed by atoms with Crippen LogP contribution >= 0.6 is 0 Å². The van der Waals surface area contributed by atoms with Crippen LogP contribution in [0.2, 0.25) is 0 Å². The van der Waals surface area contributed by atoms with Gasteiger partial charge in [-0.1, -0.05) is 30.3 Å². The van der Waals surface area contributed by atoms with Crippen molar-refractivity contribution in [2.75, 3.05) is 24.7 Å². The van der Waals surface area contributed by atoms with Gasteiger partial charge in [0.1, 0.15) is 5.82 Å². The summed E-state index contributed by atoms with van der Waals surface area (Å²) in [5, 5.41) is 0. The van der Waals surface area contributed by atoms with Crippen molar-refractivity contribution >= 4 is 21.6 Å². The van der Waals surface area contributed by atoms with Gasteiger partial charge < -0.3 is 4.90 Å². The summed E-state index contributed by atoms with van der Waals surface area (Å²) in [5.41, 5.74) is 1.41. The molecule has 1 amide bonds. The molecule has 2 aromatic carbocycles. The van der Waals surface area contributed by atoms with Crippen LogP contribution in [0, 0.1) is 5.82 Å². The number of benzene rings is 2. The fourth-order valence-corrected chi connectivity index (χ4v) is 3.15. The van der Waals surface area contributed by atoms with E-state index in [1.165, 1.54) is 33.5 Å². The lowest BCUT2D eigenvalue weighted by atomic mass is 10.2. The number of rotatable bonds is 7. The van der Waals surface area contributed by atoms with Crippen LogP contribution in [0.4, 0.5) is 10.1 Å². The Balaban J connectivity index is 2.02. The van der Waals surface area contributed by atoms with Crippen LogP contribution < -0.4 is 4.90 Å². The fraction of sp³-hybridized carbons (Fsp3) is 0.278. The van der Waals surface area contributed by atoms with Gasteiger partial charge in [-0.05, 0) is 29.8 Å². The Hall–Kier alpha value is -2.25. The zero-order chi connectivity index (χ0) is 18.4. The summed E-state index contributed by atoms with van der Waals surface area (Å²) in [6, 6.07) is 14.8. The first-order valence-corrected chi connectivity index (χ1v) is 9.63. The van der Waals surface area contributed by atoms with Crippen molar-refractivity contribution in [2.45, 2.75) is 13.0 Å². The Morgan fingerprint density at radius 2 is 1.64 bits per heavy atom. The molecule has 0 saturated carbocycles. The number of nitrogens with zero attached hydrogens (tertiary/aromatic N) is 2. The van der Waals surface area contributed by atoms with Gasteiger partial charge in [0.15, 0.2) is 0 Å². The SMILES string of the molecule is CN(C(=O)CCN(Cc1ccc(F)cc1)S(C)(=O)=O)c1ccccc1. The van der Waals surface area contributed by atoms with Crippen molar-refractivity contribution in [3.8, 4) is 0 Å². The summed E-state index contributed by atoms with van der Waals surface area (Å²) in [6.45, 7) is 0.160. The highest BCUT2D eigenvalue weighted by Crippen LogP contribution is 2.14. The third-order valence-corrected chi connectivity index (χ3v) is 5.08. The minimum absolute atomic E-state index is 0.0552.